The molecule has 1 rings (SSSR count). The van der Waals surface area contributed by atoms with E-state index in [0.29, 0.717) is 0 Å². The van der Waals surface area contributed by atoms with Crippen molar-refractivity contribution in [2.45, 2.75) is 36.9 Å². The summed E-state index contributed by atoms with van der Waals surface area (Å²) in [4.78, 5) is 7.67. The van der Waals surface area contributed by atoms with Crippen LogP contribution in [0.2, 0.25) is 0 Å². The number of rotatable bonds is 4. The van der Waals surface area contributed by atoms with Gasteiger partial charge in [0.2, 0.25) is 5.95 Å². The molecule has 0 aliphatic heterocycles. The maximum Gasteiger partial charge on any atom is 0.434 e. The molecule has 0 aliphatic rings. The summed E-state index contributed by atoms with van der Waals surface area (Å²) in [5.74, 6) is -1.37. The van der Waals surface area contributed by atoms with Crippen molar-refractivity contribution in [3.63, 3.8) is 0 Å². The predicted octanol–water partition coefficient (Wildman–Crippen LogP) is 3.20. The third kappa shape index (κ3) is 6.35. The second-order valence-electron chi connectivity index (χ2n) is 4.42. The lowest BCUT2D eigenvalue weighted by atomic mass is 10.3. The van der Waals surface area contributed by atoms with Crippen molar-refractivity contribution in [3.8, 4) is 12.0 Å². The first-order chi connectivity index (χ1) is 11.8. The van der Waals surface area contributed by atoms with E-state index in [0.717, 1.165) is 0 Å². The van der Waals surface area contributed by atoms with Gasteiger partial charge in [-0.15, -0.1) is 4.98 Å². The van der Waals surface area contributed by atoms with Crippen molar-refractivity contribution in [1.82, 2.24) is 15.0 Å². The Balaban J connectivity index is 3.24. The Bertz CT molecular complexity index is 572. The average molecular weight is 428 g/mol. The number of ether oxygens (including phenoxy) is 2. The van der Waals surface area contributed by atoms with Crippen LogP contribution in [0.25, 0.3) is 0 Å². The maximum atomic E-state index is 12.3. The van der Waals surface area contributed by atoms with E-state index in [9.17, 15) is 52.7 Å². The van der Waals surface area contributed by atoms with Gasteiger partial charge in [0.25, 0.3) is 12.2 Å². The number of alkyl halides is 12. The second-order valence-corrected chi connectivity index (χ2v) is 4.42. The molecule has 6 nitrogen and oxygen atoms in total. The number of nitrogens with two attached hydrogens (primary N) is 1. The normalized spacial score (nSPS) is 14.0. The summed E-state index contributed by atoms with van der Waals surface area (Å²) in [5, 5.41) is 0. The fourth-order valence-electron chi connectivity index (χ4n) is 1.31. The van der Waals surface area contributed by atoms with Crippen molar-refractivity contribution in [2.75, 3.05) is 5.73 Å². The van der Waals surface area contributed by atoms with Gasteiger partial charge in [-0.1, -0.05) is 0 Å². The Morgan fingerprint density at radius 1 is 0.556 bits per heavy atom. The first-order valence-electron chi connectivity index (χ1n) is 5.93. The highest BCUT2D eigenvalue weighted by Crippen LogP contribution is 2.37. The van der Waals surface area contributed by atoms with Gasteiger partial charge < -0.3 is 15.2 Å². The molecule has 18 heteroatoms. The number of hydrogen-bond acceptors (Lipinski definition) is 6. The van der Waals surface area contributed by atoms with Gasteiger partial charge in [-0.05, 0) is 0 Å². The van der Waals surface area contributed by atoms with Crippen molar-refractivity contribution < 1.29 is 62.2 Å². The lowest BCUT2D eigenvalue weighted by Gasteiger charge is -2.24. The zero-order valence-electron chi connectivity index (χ0n) is 11.9. The minimum absolute atomic E-state index is 1.37. The molecule has 2 N–H and O–H groups in total. The molecule has 27 heavy (non-hydrogen) atoms. The first kappa shape index (κ1) is 22.6. The van der Waals surface area contributed by atoms with E-state index >= 15 is 0 Å². The Morgan fingerprint density at radius 2 is 0.815 bits per heavy atom. The molecule has 0 fully saturated rings. The molecule has 0 amide bonds. The lowest BCUT2D eigenvalue weighted by Crippen LogP contribution is -2.47. The largest absolute Gasteiger partial charge is 0.440 e. The van der Waals surface area contributed by atoms with Gasteiger partial charge >= 0.3 is 36.7 Å². The first-order valence-corrected chi connectivity index (χ1v) is 5.93. The van der Waals surface area contributed by atoms with Crippen molar-refractivity contribution >= 4 is 5.95 Å². The number of hydrogen-bond donors (Lipinski definition) is 1. The van der Waals surface area contributed by atoms with Gasteiger partial charge in [0, 0.05) is 0 Å². The highest BCUT2D eigenvalue weighted by atomic mass is 19.4. The molecule has 0 saturated heterocycles. The van der Waals surface area contributed by atoms with E-state index in [1.54, 1.807) is 0 Å². The highest BCUT2D eigenvalue weighted by molar-refractivity contribution is 5.21. The number of anilines is 1. The van der Waals surface area contributed by atoms with Crippen LogP contribution in [-0.4, -0.2) is 51.9 Å². The number of aromatic nitrogens is 3. The Labute approximate surface area is 139 Å². The molecule has 0 bridgehead atoms. The Morgan fingerprint density at radius 3 is 1.04 bits per heavy atom. The van der Waals surface area contributed by atoms with E-state index in [1.807, 2.05) is 0 Å². The zero-order valence-corrected chi connectivity index (χ0v) is 11.9. The Hall–Kier alpha value is -2.43. The van der Waals surface area contributed by atoms with Gasteiger partial charge in [-0.25, -0.2) is 0 Å². The summed E-state index contributed by atoms with van der Waals surface area (Å²) in [6, 6.07) is -3.94. The molecule has 156 valence electrons. The van der Waals surface area contributed by atoms with Crippen molar-refractivity contribution in [2.24, 2.45) is 0 Å². The van der Waals surface area contributed by atoms with Gasteiger partial charge in [0.05, 0.1) is 0 Å². The number of halogens is 12. The van der Waals surface area contributed by atoms with E-state index in [2.05, 4.69) is 24.4 Å². The third-order valence-electron chi connectivity index (χ3n) is 2.25. The van der Waals surface area contributed by atoms with Crippen molar-refractivity contribution in [1.29, 1.82) is 0 Å². The van der Waals surface area contributed by atoms with E-state index in [4.69, 9.17) is 5.73 Å². The summed E-state index contributed by atoms with van der Waals surface area (Å²) in [5.41, 5.74) is 4.80. The van der Waals surface area contributed by atoms with Crippen molar-refractivity contribution in [3.05, 3.63) is 0 Å². The third-order valence-corrected chi connectivity index (χ3v) is 2.25. The lowest BCUT2D eigenvalue weighted by molar-refractivity contribution is -0.302. The van der Waals surface area contributed by atoms with Crippen LogP contribution in [0.4, 0.5) is 58.6 Å². The smallest absolute Gasteiger partial charge is 0.434 e. The molecule has 0 aromatic carbocycles. The Kier molecular flexibility index (Phi) is 5.82. The quantitative estimate of drug-likeness (QED) is 0.742. The topological polar surface area (TPSA) is 83.2 Å². The molecule has 0 saturated carbocycles. The van der Waals surface area contributed by atoms with Crippen LogP contribution in [0, 0.1) is 0 Å². The molecular formula is C9H4F12N4O2. The van der Waals surface area contributed by atoms with Gasteiger partial charge in [0.1, 0.15) is 0 Å². The minimum Gasteiger partial charge on any atom is -0.440 e. The van der Waals surface area contributed by atoms with Crippen LogP contribution < -0.4 is 15.2 Å². The van der Waals surface area contributed by atoms with E-state index < -0.39 is 54.9 Å². The monoisotopic (exact) mass is 428 g/mol. The van der Waals surface area contributed by atoms with E-state index in [-0.39, 0.29) is 0 Å². The molecule has 0 unspecified atom stereocenters. The summed E-state index contributed by atoms with van der Waals surface area (Å²) < 4.78 is 155. The van der Waals surface area contributed by atoms with Gasteiger partial charge in [-0.2, -0.15) is 62.7 Å². The summed E-state index contributed by atoms with van der Waals surface area (Å²) in [6.45, 7) is 0. The van der Waals surface area contributed by atoms with Gasteiger partial charge in [0.15, 0.2) is 0 Å². The van der Waals surface area contributed by atoms with E-state index in [1.165, 1.54) is 0 Å². The van der Waals surface area contributed by atoms with Crippen LogP contribution in [0.1, 0.15) is 0 Å². The molecule has 1 heterocycles. The predicted molar refractivity (Wildman–Crippen MR) is 57.3 cm³/mol. The minimum atomic E-state index is -6.08. The summed E-state index contributed by atoms with van der Waals surface area (Å²) in [7, 11) is 0. The summed E-state index contributed by atoms with van der Waals surface area (Å²) in [6.07, 6.45) is -33.4. The van der Waals surface area contributed by atoms with Crippen LogP contribution >= 0.6 is 0 Å². The number of nitrogens with zero attached hydrogens (tertiary/aromatic N) is 3. The van der Waals surface area contributed by atoms with Crippen LogP contribution in [0.3, 0.4) is 0 Å². The zero-order chi connectivity index (χ0) is 21.4. The molecular weight excluding hydrogens is 424 g/mol. The number of nitrogen functional groups attached to an aromatic ring is 1. The fourth-order valence-corrected chi connectivity index (χ4v) is 1.31. The van der Waals surface area contributed by atoms with Crippen LogP contribution in [-0.2, 0) is 0 Å². The standard InChI is InChI=1S/C9H4F12N4O2/c10-6(11,12)1(7(13,14)15)26-4-23-3(22)24-5(25-4)27-2(8(16,17)18)9(19,20)21/h1-2H,(H2,22,23,24,25). The fraction of sp³-hybridized carbons (Fsp3) is 0.667. The molecule has 0 aliphatic carbocycles. The molecule has 0 radical (unpaired) electrons. The summed E-state index contributed by atoms with van der Waals surface area (Å²) >= 11 is 0. The maximum absolute atomic E-state index is 12.3. The second kappa shape index (κ2) is 6.95. The van der Waals surface area contributed by atoms with Gasteiger partial charge in [-0.3, -0.25) is 0 Å². The van der Waals surface area contributed by atoms with Crippen LogP contribution in [0.15, 0.2) is 0 Å². The molecule has 0 spiro atoms. The molecule has 1 aromatic rings. The highest BCUT2D eigenvalue weighted by Gasteiger charge is 2.61. The molecule has 0 atom stereocenters. The van der Waals surface area contributed by atoms with Crippen LogP contribution in [0.5, 0.6) is 12.0 Å². The average Bonchev–Trinajstić information content (AvgIpc) is 2.36. The molecule has 1 aromatic heterocycles. The SMILES string of the molecule is Nc1nc(OC(C(F)(F)F)C(F)(F)F)nc(OC(C(F)(F)F)C(F)(F)F)n1.